The molecule has 0 aromatic rings. The lowest BCUT2D eigenvalue weighted by atomic mass is 10.0. The van der Waals surface area contributed by atoms with Crippen LogP contribution < -0.4 is 0 Å². The highest BCUT2D eigenvalue weighted by molar-refractivity contribution is 5.74. The monoisotopic (exact) mass is 217 g/mol. The Hall–Kier alpha value is -1.72. The maximum atomic E-state index is 10.2. The van der Waals surface area contributed by atoms with Gasteiger partial charge in [0.2, 0.25) is 6.54 Å². The average molecular weight is 217 g/mol. The summed E-state index contributed by atoms with van der Waals surface area (Å²) in [5.74, 6) is 0.209. The van der Waals surface area contributed by atoms with E-state index in [4.69, 9.17) is 5.11 Å². The van der Waals surface area contributed by atoms with Gasteiger partial charge in [-0.2, -0.15) is 0 Å². The fourth-order valence-electron chi connectivity index (χ4n) is 0.973. The number of carbonyl (C=O) groups excluding carboxylic acids is 1. The number of aliphatic hydroxyl groups excluding tert-OH is 1. The van der Waals surface area contributed by atoms with Gasteiger partial charge in [-0.1, -0.05) is 0 Å². The first-order valence-electron chi connectivity index (χ1n) is 4.20. The standard InChI is InChI=1S/C8H11NO6/c10-5-6(4-8(12)13)3-7(11)1-2-9(14)15/h7,11H,1-4H2,(H,12,13). The van der Waals surface area contributed by atoms with Gasteiger partial charge in [0.25, 0.3) is 0 Å². The molecule has 1 atom stereocenters. The average Bonchev–Trinajstić information content (AvgIpc) is 2.13. The van der Waals surface area contributed by atoms with Crippen LogP contribution in [0.4, 0.5) is 0 Å². The zero-order valence-corrected chi connectivity index (χ0v) is 7.88. The molecule has 0 spiro atoms. The Bertz CT molecular complexity index is 294. The van der Waals surface area contributed by atoms with E-state index in [1.54, 1.807) is 0 Å². The van der Waals surface area contributed by atoms with Crippen LogP contribution in [0.15, 0.2) is 5.57 Å². The number of rotatable bonds is 7. The third-order valence-electron chi connectivity index (χ3n) is 1.64. The number of nitro groups is 1. The molecule has 0 saturated carbocycles. The molecule has 0 aromatic carbocycles. The van der Waals surface area contributed by atoms with Crippen LogP contribution in [0.3, 0.4) is 0 Å². The van der Waals surface area contributed by atoms with Crippen molar-refractivity contribution in [1.29, 1.82) is 0 Å². The lowest BCUT2D eigenvalue weighted by molar-refractivity contribution is -0.482. The van der Waals surface area contributed by atoms with Gasteiger partial charge in [-0.15, -0.1) is 0 Å². The Balaban J connectivity index is 4.02. The van der Waals surface area contributed by atoms with Crippen LogP contribution >= 0.6 is 0 Å². The third kappa shape index (κ3) is 7.36. The van der Waals surface area contributed by atoms with Crippen LogP contribution in [0.2, 0.25) is 0 Å². The topological polar surface area (TPSA) is 118 Å². The molecule has 0 aromatic heterocycles. The number of aliphatic carboxylic acids is 1. The molecule has 7 heteroatoms. The zero-order chi connectivity index (χ0) is 11.8. The van der Waals surface area contributed by atoms with Gasteiger partial charge >= 0.3 is 5.97 Å². The van der Waals surface area contributed by atoms with Crippen LogP contribution in [0.1, 0.15) is 19.3 Å². The van der Waals surface area contributed by atoms with E-state index in [-0.39, 0.29) is 18.4 Å². The summed E-state index contributed by atoms with van der Waals surface area (Å²) in [6.07, 6.45) is -1.88. The summed E-state index contributed by atoms with van der Waals surface area (Å²) >= 11 is 0. The molecule has 0 aliphatic heterocycles. The van der Waals surface area contributed by atoms with Crippen molar-refractivity contribution < 1.29 is 24.7 Å². The maximum Gasteiger partial charge on any atom is 0.308 e. The molecular weight excluding hydrogens is 206 g/mol. The number of hydrogen-bond donors (Lipinski definition) is 2. The summed E-state index contributed by atoms with van der Waals surface area (Å²) in [7, 11) is 0. The fourth-order valence-corrected chi connectivity index (χ4v) is 0.973. The number of aliphatic hydroxyl groups is 1. The smallest absolute Gasteiger partial charge is 0.308 e. The van der Waals surface area contributed by atoms with E-state index >= 15 is 0 Å². The van der Waals surface area contributed by atoms with Crippen molar-refractivity contribution >= 4 is 11.9 Å². The summed E-state index contributed by atoms with van der Waals surface area (Å²) < 4.78 is 0. The summed E-state index contributed by atoms with van der Waals surface area (Å²) in [5, 5.41) is 27.5. The van der Waals surface area contributed by atoms with Crippen molar-refractivity contribution in [2.24, 2.45) is 0 Å². The molecule has 0 saturated heterocycles. The molecule has 2 N–H and O–H groups in total. The number of carboxylic acids is 1. The molecule has 7 nitrogen and oxygen atoms in total. The van der Waals surface area contributed by atoms with E-state index in [9.17, 15) is 24.8 Å². The summed E-state index contributed by atoms with van der Waals surface area (Å²) in [5.41, 5.74) is -0.0988. The van der Waals surface area contributed by atoms with Crippen LogP contribution in [0.25, 0.3) is 0 Å². The molecule has 0 aliphatic rings. The van der Waals surface area contributed by atoms with Crippen molar-refractivity contribution in [3.8, 4) is 0 Å². The molecule has 0 bridgehead atoms. The number of carboxylic acid groups (broad SMARTS) is 1. The zero-order valence-electron chi connectivity index (χ0n) is 7.88. The lowest BCUT2D eigenvalue weighted by Crippen LogP contribution is -2.15. The van der Waals surface area contributed by atoms with Crippen LogP contribution in [-0.4, -0.2) is 39.7 Å². The molecule has 15 heavy (non-hydrogen) atoms. The molecule has 84 valence electrons. The van der Waals surface area contributed by atoms with E-state index in [0.717, 1.165) is 0 Å². The molecule has 0 amide bonds. The van der Waals surface area contributed by atoms with E-state index in [2.05, 4.69) is 0 Å². The first-order chi connectivity index (χ1) is 6.95. The Morgan fingerprint density at radius 1 is 1.53 bits per heavy atom. The molecule has 1 unspecified atom stereocenters. The second-order valence-electron chi connectivity index (χ2n) is 2.98. The Kier molecular flexibility index (Phi) is 5.92. The normalized spacial score (nSPS) is 11.5. The molecule has 0 radical (unpaired) electrons. The minimum atomic E-state index is -1.20. The fraction of sp³-hybridized carbons (Fsp3) is 0.625. The van der Waals surface area contributed by atoms with Gasteiger partial charge in [0, 0.05) is 23.3 Å². The first-order valence-corrected chi connectivity index (χ1v) is 4.20. The maximum absolute atomic E-state index is 10.2. The van der Waals surface area contributed by atoms with Gasteiger partial charge in [-0.3, -0.25) is 14.9 Å². The van der Waals surface area contributed by atoms with E-state index in [0.29, 0.717) is 0 Å². The Morgan fingerprint density at radius 2 is 2.13 bits per heavy atom. The van der Waals surface area contributed by atoms with Gasteiger partial charge in [0.05, 0.1) is 12.5 Å². The van der Waals surface area contributed by atoms with E-state index in [1.807, 2.05) is 0 Å². The first kappa shape index (κ1) is 13.3. The lowest BCUT2D eigenvalue weighted by Gasteiger charge is -2.06. The quantitative estimate of drug-likeness (QED) is 0.341. The summed E-state index contributed by atoms with van der Waals surface area (Å²) in [4.78, 5) is 29.8. The van der Waals surface area contributed by atoms with Crippen molar-refractivity contribution in [2.75, 3.05) is 6.54 Å². The van der Waals surface area contributed by atoms with Gasteiger partial charge in [0.1, 0.15) is 5.94 Å². The van der Waals surface area contributed by atoms with Gasteiger partial charge in [0.15, 0.2) is 0 Å². The van der Waals surface area contributed by atoms with Crippen LogP contribution in [0, 0.1) is 10.1 Å². The van der Waals surface area contributed by atoms with Crippen LogP contribution in [-0.2, 0) is 9.59 Å². The van der Waals surface area contributed by atoms with Crippen molar-refractivity contribution in [2.45, 2.75) is 25.4 Å². The number of hydrogen-bond acceptors (Lipinski definition) is 5. The van der Waals surface area contributed by atoms with Crippen molar-refractivity contribution in [3.63, 3.8) is 0 Å². The molecule has 0 rings (SSSR count). The largest absolute Gasteiger partial charge is 0.481 e. The predicted octanol–water partition coefficient (Wildman–Crippen LogP) is -0.363. The molecule has 0 aliphatic carbocycles. The Morgan fingerprint density at radius 3 is 2.53 bits per heavy atom. The molecular formula is C8H11NO6. The second kappa shape index (κ2) is 6.69. The SMILES string of the molecule is O=C=C(CC(=O)O)CC(O)CC[N+](=O)[O-]. The Labute approximate surface area is 85.2 Å². The van der Waals surface area contributed by atoms with E-state index in [1.165, 1.54) is 5.94 Å². The summed E-state index contributed by atoms with van der Waals surface area (Å²) in [6.45, 7) is -0.416. The van der Waals surface area contributed by atoms with Gasteiger partial charge < -0.3 is 10.2 Å². The third-order valence-corrected chi connectivity index (χ3v) is 1.64. The second-order valence-corrected chi connectivity index (χ2v) is 2.98. The van der Waals surface area contributed by atoms with Crippen LogP contribution in [0.5, 0.6) is 0 Å². The highest BCUT2D eigenvalue weighted by Gasteiger charge is 2.13. The molecule has 0 fully saturated rings. The highest BCUT2D eigenvalue weighted by atomic mass is 16.6. The van der Waals surface area contributed by atoms with Gasteiger partial charge in [-0.25, -0.2) is 4.79 Å². The molecule has 0 heterocycles. The predicted molar refractivity (Wildman–Crippen MR) is 48.6 cm³/mol. The minimum Gasteiger partial charge on any atom is -0.481 e. The summed E-state index contributed by atoms with van der Waals surface area (Å²) in [6, 6.07) is 0. The highest BCUT2D eigenvalue weighted by Crippen LogP contribution is 2.09. The van der Waals surface area contributed by atoms with E-state index < -0.39 is 30.0 Å². The van der Waals surface area contributed by atoms with Crippen molar-refractivity contribution in [1.82, 2.24) is 0 Å². The van der Waals surface area contributed by atoms with Crippen molar-refractivity contribution in [3.05, 3.63) is 15.7 Å². The number of carbonyl (C=O) groups is 1. The minimum absolute atomic E-state index is 0.0988. The van der Waals surface area contributed by atoms with Gasteiger partial charge in [-0.05, 0) is 0 Å². The number of nitrogens with zero attached hydrogens (tertiary/aromatic N) is 1.